The van der Waals surface area contributed by atoms with Crippen molar-refractivity contribution in [3.8, 4) is 0 Å². The molecule has 9 nitrogen and oxygen atoms in total. The molecular formula is C9H16N4O5. The molecule has 0 saturated carbocycles. The molecule has 0 saturated heterocycles. The third-order valence-electron chi connectivity index (χ3n) is 1.93. The smallest absolute Gasteiger partial charge is 0.326 e. The van der Waals surface area contributed by atoms with E-state index < -0.39 is 30.3 Å². The molecule has 0 aromatic carbocycles. The van der Waals surface area contributed by atoms with E-state index in [1.54, 1.807) is 0 Å². The fraction of sp³-hybridized carbons (Fsp3) is 0.556. The molecule has 0 heterocycles. The number of rotatable bonds is 8. The minimum atomic E-state index is -1.32. The van der Waals surface area contributed by atoms with Gasteiger partial charge in [0, 0.05) is 6.54 Å². The lowest BCUT2D eigenvalue weighted by atomic mass is 10.1. The van der Waals surface area contributed by atoms with Crippen molar-refractivity contribution in [2.45, 2.75) is 25.3 Å². The van der Waals surface area contributed by atoms with E-state index in [2.05, 4.69) is 10.6 Å². The molecule has 102 valence electrons. The fourth-order valence-corrected chi connectivity index (χ4v) is 1.17. The van der Waals surface area contributed by atoms with Crippen LogP contribution in [0.5, 0.6) is 0 Å². The molecule has 1 amide bonds. The van der Waals surface area contributed by atoms with Gasteiger partial charge in [-0.1, -0.05) is 0 Å². The van der Waals surface area contributed by atoms with Gasteiger partial charge in [0.1, 0.15) is 12.5 Å². The van der Waals surface area contributed by atoms with Gasteiger partial charge in [0.05, 0.1) is 0 Å². The Morgan fingerprint density at radius 3 is 2.33 bits per heavy atom. The lowest BCUT2D eigenvalue weighted by molar-refractivity contribution is -0.145. The topological polar surface area (TPSA) is 166 Å². The number of nitrogens with one attached hydrogen (secondary N) is 3. The molecule has 0 spiro atoms. The van der Waals surface area contributed by atoms with Gasteiger partial charge in [0.15, 0.2) is 5.96 Å². The molecule has 0 rings (SSSR count). The van der Waals surface area contributed by atoms with Gasteiger partial charge in [0.2, 0.25) is 5.91 Å². The molecule has 0 aromatic heterocycles. The summed E-state index contributed by atoms with van der Waals surface area (Å²) in [7, 11) is 0. The van der Waals surface area contributed by atoms with Crippen LogP contribution in [0.25, 0.3) is 0 Å². The molecule has 9 heteroatoms. The Morgan fingerprint density at radius 1 is 1.28 bits per heavy atom. The van der Waals surface area contributed by atoms with Crippen molar-refractivity contribution in [3.63, 3.8) is 0 Å². The van der Waals surface area contributed by atoms with Crippen LogP contribution >= 0.6 is 0 Å². The first-order valence-electron chi connectivity index (χ1n) is 5.14. The summed E-state index contributed by atoms with van der Waals surface area (Å²) in [4.78, 5) is 32.1. The predicted octanol–water partition coefficient (Wildman–Crippen LogP) is -1.71. The molecule has 1 atom stereocenters. The first-order chi connectivity index (χ1) is 8.32. The van der Waals surface area contributed by atoms with Crippen LogP contribution in [-0.2, 0) is 14.4 Å². The number of amides is 1. The summed E-state index contributed by atoms with van der Waals surface area (Å²) >= 11 is 0. The van der Waals surface area contributed by atoms with E-state index in [9.17, 15) is 14.4 Å². The maximum absolute atomic E-state index is 11.1. The Balaban J connectivity index is 4.07. The highest BCUT2D eigenvalue weighted by Crippen LogP contribution is 1.98. The molecule has 0 aromatic rings. The number of carbonyl (C=O) groups is 3. The SMILES string of the molecule is N=C(N)NCCC[C@H](NC(=O)CC(=O)O)C(=O)O. The minimum absolute atomic E-state index is 0.112. The van der Waals surface area contributed by atoms with E-state index in [0.29, 0.717) is 13.0 Å². The molecule has 0 bridgehead atoms. The molecule has 0 fully saturated rings. The van der Waals surface area contributed by atoms with Crippen molar-refractivity contribution in [1.82, 2.24) is 10.6 Å². The lowest BCUT2D eigenvalue weighted by Crippen LogP contribution is -2.42. The highest BCUT2D eigenvalue weighted by Gasteiger charge is 2.20. The van der Waals surface area contributed by atoms with Gasteiger partial charge < -0.3 is 26.6 Å². The Labute approximate surface area is 103 Å². The van der Waals surface area contributed by atoms with Crippen LogP contribution in [0.4, 0.5) is 0 Å². The van der Waals surface area contributed by atoms with Crippen molar-refractivity contribution >= 4 is 23.8 Å². The second-order valence-electron chi connectivity index (χ2n) is 3.51. The summed E-state index contributed by atoms with van der Waals surface area (Å²) in [5.41, 5.74) is 5.03. The molecule has 18 heavy (non-hydrogen) atoms. The van der Waals surface area contributed by atoms with Crippen molar-refractivity contribution in [3.05, 3.63) is 0 Å². The van der Waals surface area contributed by atoms with Gasteiger partial charge in [-0.25, -0.2) is 4.79 Å². The van der Waals surface area contributed by atoms with Crippen molar-refractivity contribution < 1.29 is 24.6 Å². The van der Waals surface area contributed by atoms with E-state index in [1.165, 1.54) is 0 Å². The zero-order chi connectivity index (χ0) is 14.1. The summed E-state index contributed by atoms with van der Waals surface area (Å²) in [5, 5.41) is 28.6. The van der Waals surface area contributed by atoms with Crippen LogP contribution in [0.3, 0.4) is 0 Å². The van der Waals surface area contributed by atoms with Gasteiger partial charge >= 0.3 is 11.9 Å². The average Bonchev–Trinajstić information content (AvgIpc) is 2.20. The highest BCUT2D eigenvalue weighted by molar-refractivity contribution is 5.95. The predicted molar refractivity (Wildman–Crippen MR) is 61.0 cm³/mol. The number of hydrogen-bond acceptors (Lipinski definition) is 4. The first-order valence-corrected chi connectivity index (χ1v) is 5.14. The van der Waals surface area contributed by atoms with Crippen LogP contribution in [-0.4, -0.2) is 46.6 Å². The number of carboxylic acid groups (broad SMARTS) is 2. The monoisotopic (exact) mass is 260 g/mol. The molecule has 0 aliphatic carbocycles. The van der Waals surface area contributed by atoms with Gasteiger partial charge in [-0.3, -0.25) is 15.0 Å². The minimum Gasteiger partial charge on any atom is -0.481 e. The van der Waals surface area contributed by atoms with Crippen LogP contribution in [0.15, 0.2) is 0 Å². The Bertz CT molecular complexity index is 344. The number of aliphatic carboxylic acids is 2. The third-order valence-corrected chi connectivity index (χ3v) is 1.93. The highest BCUT2D eigenvalue weighted by atomic mass is 16.4. The van der Waals surface area contributed by atoms with Crippen LogP contribution in [0.2, 0.25) is 0 Å². The molecule has 7 N–H and O–H groups in total. The summed E-state index contributed by atoms with van der Waals surface area (Å²) in [6.07, 6.45) is -0.291. The fourth-order valence-electron chi connectivity index (χ4n) is 1.17. The Kier molecular flexibility index (Phi) is 6.86. The zero-order valence-corrected chi connectivity index (χ0v) is 9.60. The summed E-state index contributed by atoms with van der Waals surface area (Å²) in [6, 6.07) is -1.15. The number of nitrogens with two attached hydrogens (primary N) is 1. The maximum Gasteiger partial charge on any atom is 0.326 e. The van der Waals surface area contributed by atoms with Crippen LogP contribution in [0.1, 0.15) is 19.3 Å². The van der Waals surface area contributed by atoms with E-state index in [-0.39, 0.29) is 12.4 Å². The zero-order valence-electron chi connectivity index (χ0n) is 9.60. The molecule has 0 unspecified atom stereocenters. The molecule has 0 aliphatic rings. The van der Waals surface area contributed by atoms with E-state index in [0.717, 1.165) is 0 Å². The number of carbonyl (C=O) groups excluding carboxylic acids is 1. The van der Waals surface area contributed by atoms with Gasteiger partial charge in [-0.2, -0.15) is 0 Å². The second-order valence-corrected chi connectivity index (χ2v) is 3.51. The molecular weight excluding hydrogens is 244 g/mol. The Hall–Kier alpha value is -2.32. The summed E-state index contributed by atoms with van der Waals surface area (Å²) in [6.45, 7) is 0.300. The number of hydrogen-bond donors (Lipinski definition) is 6. The van der Waals surface area contributed by atoms with E-state index in [4.69, 9.17) is 21.4 Å². The summed E-state index contributed by atoms with van der Waals surface area (Å²) < 4.78 is 0. The molecule has 0 radical (unpaired) electrons. The largest absolute Gasteiger partial charge is 0.481 e. The lowest BCUT2D eigenvalue weighted by Gasteiger charge is -2.13. The van der Waals surface area contributed by atoms with Crippen molar-refractivity contribution in [2.24, 2.45) is 5.73 Å². The van der Waals surface area contributed by atoms with Gasteiger partial charge in [-0.05, 0) is 12.8 Å². The first kappa shape index (κ1) is 15.7. The number of carboxylic acids is 2. The quantitative estimate of drug-likeness (QED) is 0.131. The maximum atomic E-state index is 11.1. The van der Waals surface area contributed by atoms with Crippen molar-refractivity contribution in [2.75, 3.05) is 6.54 Å². The van der Waals surface area contributed by atoms with Crippen LogP contribution in [0, 0.1) is 5.41 Å². The average molecular weight is 260 g/mol. The number of guanidine groups is 1. The third kappa shape index (κ3) is 7.91. The van der Waals surface area contributed by atoms with Gasteiger partial charge in [-0.15, -0.1) is 0 Å². The standard InChI is InChI=1S/C9H16N4O5/c10-9(11)12-3-1-2-5(8(17)18)13-6(14)4-7(15)16/h5H,1-4H2,(H,13,14)(H,15,16)(H,17,18)(H4,10,11,12)/t5-/m0/s1. The second kappa shape index (κ2) is 7.87. The van der Waals surface area contributed by atoms with Crippen molar-refractivity contribution in [1.29, 1.82) is 5.41 Å². The normalized spacial score (nSPS) is 11.3. The van der Waals surface area contributed by atoms with E-state index in [1.807, 2.05) is 0 Å². The summed E-state index contributed by atoms with van der Waals surface area (Å²) in [5.74, 6) is -3.64. The van der Waals surface area contributed by atoms with E-state index >= 15 is 0 Å². The van der Waals surface area contributed by atoms with Crippen LogP contribution < -0.4 is 16.4 Å². The molecule has 0 aliphatic heterocycles. The van der Waals surface area contributed by atoms with Gasteiger partial charge in [0.25, 0.3) is 0 Å². The Morgan fingerprint density at radius 2 is 1.89 bits per heavy atom.